The summed E-state index contributed by atoms with van der Waals surface area (Å²) in [4.78, 5) is 32.3. The van der Waals surface area contributed by atoms with Gasteiger partial charge in [0.05, 0.1) is 32.6 Å². The van der Waals surface area contributed by atoms with Crippen molar-refractivity contribution in [3.63, 3.8) is 0 Å². The summed E-state index contributed by atoms with van der Waals surface area (Å²) in [5.74, 6) is 0.0959. The molecule has 0 spiro atoms. The number of furan rings is 1. The molecule has 34 heavy (non-hydrogen) atoms. The van der Waals surface area contributed by atoms with Crippen molar-refractivity contribution in [2.24, 2.45) is 5.41 Å². The molecule has 186 valence electrons. The normalized spacial score (nSPS) is 14.7. The Bertz CT molecular complexity index is 903. The fourth-order valence-corrected chi connectivity index (χ4v) is 3.93. The van der Waals surface area contributed by atoms with Crippen LogP contribution in [-0.2, 0) is 27.4 Å². The Labute approximate surface area is 201 Å². The summed E-state index contributed by atoms with van der Waals surface area (Å²) in [7, 11) is 0. The summed E-state index contributed by atoms with van der Waals surface area (Å²) in [6.45, 7) is 10.8. The summed E-state index contributed by atoms with van der Waals surface area (Å²) in [5.41, 5.74) is 0.213. The minimum absolute atomic E-state index is 0.0128. The van der Waals surface area contributed by atoms with E-state index in [1.807, 2.05) is 26.8 Å². The molecule has 2 aromatic rings. The fourth-order valence-electron chi connectivity index (χ4n) is 3.93. The van der Waals surface area contributed by atoms with Crippen LogP contribution in [0.15, 0.2) is 47.1 Å². The number of morpholine rings is 1. The first-order valence-corrected chi connectivity index (χ1v) is 11.9. The zero-order valence-corrected chi connectivity index (χ0v) is 20.5. The van der Waals surface area contributed by atoms with Crippen molar-refractivity contribution in [3.05, 3.63) is 59.8 Å². The lowest BCUT2D eigenvalue weighted by molar-refractivity contribution is -0.146. The van der Waals surface area contributed by atoms with Crippen LogP contribution in [0.4, 0.5) is 4.39 Å². The predicted octanol–water partition coefficient (Wildman–Crippen LogP) is 3.54. The van der Waals surface area contributed by atoms with Crippen molar-refractivity contribution >= 4 is 11.8 Å². The first kappa shape index (κ1) is 25.9. The average molecular weight is 474 g/mol. The molecule has 1 aromatic heterocycles. The maximum atomic E-state index is 13.4. The molecule has 3 rings (SSSR count). The summed E-state index contributed by atoms with van der Waals surface area (Å²) in [5, 5.41) is 0. The Hall–Kier alpha value is -2.71. The maximum absolute atomic E-state index is 13.4. The molecule has 1 aromatic carbocycles. The molecule has 1 saturated heterocycles. The monoisotopic (exact) mass is 473 g/mol. The highest BCUT2D eigenvalue weighted by atomic mass is 19.1. The Balaban J connectivity index is 1.69. The third-order valence-corrected chi connectivity index (χ3v) is 5.83. The highest BCUT2D eigenvalue weighted by Gasteiger charge is 2.30. The summed E-state index contributed by atoms with van der Waals surface area (Å²) in [6.07, 6.45) is 2.35. The van der Waals surface area contributed by atoms with Gasteiger partial charge in [-0.2, -0.15) is 0 Å². The molecule has 0 radical (unpaired) electrons. The van der Waals surface area contributed by atoms with E-state index >= 15 is 0 Å². The number of nitrogens with zero attached hydrogens (tertiary/aromatic N) is 3. The molecule has 1 aliphatic heterocycles. The minimum Gasteiger partial charge on any atom is -0.467 e. The SMILES string of the molecule is CC(C)(C)C(=O)N(CCCN1CCOCC1)CC(=O)N(Cc1ccc(F)cc1)Cc1ccco1. The van der Waals surface area contributed by atoms with Gasteiger partial charge in [0.25, 0.3) is 0 Å². The second-order valence-electron chi connectivity index (χ2n) is 9.74. The van der Waals surface area contributed by atoms with E-state index in [0.717, 1.165) is 44.8 Å². The number of benzene rings is 1. The zero-order valence-electron chi connectivity index (χ0n) is 20.5. The van der Waals surface area contributed by atoms with E-state index in [4.69, 9.17) is 9.15 Å². The van der Waals surface area contributed by atoms with Crippen LogP contribution in [0, 0.1) is 11.2 Å². The van der Waals surface area contributed by atoms with Crippen molar-refractivity contribution in [1.29, 1.82) is 0 Å². The van der Waals surface area contributed by atoms with E-state index < -0.39 is 5.41 Å². The largest absolute Gasteiger partial charge is 0.467 e. The van der Waals surface area contributed by atoms with E-state index in [1.54, 1.807) is 34.3 Å². The van der Waals surface area contributed by atoms with Crippen molar-refractivity contribution in [3.8, 4) is 0 Å². The fraction of sp³-hybridized carbons (Fsp3) is 0.538. The molecule has 0 atom stereocenters. The number of rotatable bonds is 10. The maximum Gasteiger partial charge on any atom is 0.242 e. The van der Waals surface area contributed by atoms with Crippen LogP contribution in [-0.4, -0.2) is 72.5 Å². The standard InChI is InChI=1S/C26H36FN3O4/c1-26(2,3)25(32)29(12-5-11-28-13-16-33-17-14-28)20-24(31)30(19-23-6-4-15-34-23)18-21-7-9-22(27)10-8-21/h4,6-10,15H,5,11-14,16-20H2,1-3H3. The first-order valence-electron chi connectivity index (χ1n) is 11.9. The third-order valence-electron chi connectivity index (χ3n) is 5.83. The Morgan fingerprint density at radius 1 is 1.03 bits per heavy atom. The smallest absolute Gasteiger partial charge is 0.242 e. The van der Waals surface area contributed by atoms with Gasteiger partial charge in [-0.25, -0.2) is 4.39 Å². The number of carbonyl (C=O) groups excluding carboxylic acids is 2. The van der Waals surface area contributed by atoms with Crippen LogP contribution in [0.25, 0.3) is 0 Å². The van der Waals surface area contributed by atoms with E-state index in [9.17, 15) is 14.0 Å². The molecular formula is C26H36FN3O4. The lowest BCUT2D eigenvalue weighted by atomic mass is 9.94. The van der Waals surface area contributed by atoms with Gasteiger partial charge >= 0.3 is 0 Å². The van der Waals surface area contributed by atoms with Crippen LogP contribution in [0.3, 0.4) is 0 Å². The van der Waals surface area contributed by atoms with Crippen molar-refractivity contribution in [2.75, 3.05) is 45.9 Å². The van der Waals surface area contributed by atoms with Gasteiger partial charge in [-0.15, -0.1) is 0 Å². The average Bonchev–Trinajstić information content (AvgIpc) is 3.32. The molecule has 0 bridgehead atoms. The Kier molecular flexibility index (Phi) is 9.24. The molecule has 2 amide bonds. The summed E-state index contributed by atoms with van der Waals surface area (Å²) >= 11 is 0. The van der Waals surface area contributed by atoms with Gasteiger partial charge in [0.1, 0.15) is 11.6 Å². The van der Waals surface area contributed by atoms with E-state index in [2.05, 4.69) is 4.90 Å². The molecule has 0 aliphatic carbocycles. The number of ether oxygens (including phenoxy) is 1. The third kappa shape index (κ3) is 7.95. The molecule has 1 aliphatic rings. The zero-order chi connectivity index (χ0) is 24.6. The van der Waals surface area contributed by atoms with Crippen LogP contribution in [0.2, 0.25) is 0 Å². The van der Waals surface area contributed by atoms with Gasteiger partial charge in [-0.3, -0.25) is 14.5 Å². The summed E-state index contributed by atoms with van der Waals surface area (Å²) < 4.78 is 24.2. The van der Waals surface area contributed by atoms with Crippen molar-refractivity contribution < 1.29 is 23.1 Å². The molecule has 8 heteroatoms. The van der Waals surface area contributed by atoms with Gasteiger partial charge in [-0.1, -0.05) is 32.9 Å². The van der Waals surface area contributed by atoms with Crippen LogP contribution < -0.4 is 0 Å². The molecular weight excluding hydrogens is 437 g/mol. The highest BCUT2D eigenvalue weighted by molar-refractivity contribution is 5.87. The van der Waals surface area contributed by atoms with E-state index in [1.165, 1.54) is 12.1 Å². The first-order chi connectivity index (χ1) is 16.2. The lowest BCUT2D eigenvalue weighted by Gasteiger charge is -2.32. The van der Waals surface area contributed by atoms with Gasteiger partial charge in [0.2, 0.25) is 11.8 Å². The number of hydrogen-bond acceptors (Lipinski definition) is 5. The quantitative estimate of drug-likeness (QED) is 0.528. The molecule has 7 nitrogen and oxygen atoms in total. The summed E-state index contributed by atoms with van der Waals surface area (Å²) in [6, 6.07) is 9.68. The van der Waals surface area contributed by atoms with Crippen LogP contribution in [0.1, 0.15) is 38.5 Å². The topological polar surface area (TPSA) is 66.2 Å². The van der Waals surface area contributed by atoms with Gasteiger partial charge in [-0.05, 0) is 36.2 Å². The highest BCUT2D eigenvalue weighted by Crippen LogP contribution is 2.19. The Morgan fingerprint density at radius 3 is 2.35 bits per heavy atom. The molecule has 0 saturated carbocycles. The van der Waals surface area contributed by atoms with Gasteiger partial charge < -0.3 is 19.0 Å². The van der Waals surface area contributed by atoms with Gasteiger partial charge in [0.15, 0.2) is 0 Å². The van der Waals surface area contributed by atoms with Crippen LogP contribution in [0.5, 0.6) is 0 Å². The van der Waals surface area contributed by atoms with Crippen molar-refractivity contribution in [1.82, 2.24) is 14.7 Å². The molecule has 1 fully saturated rings. The van der Waals surface area contributed by atoms with E-state index in [0.29, 0.717) is 18.8 Å². The lowest BCUT2D eigenvalue weighted by Crippen LogP contribution is -2.47. The van der Waals surface area contributed by atoms with Crippen LogP contribution >= 0.6 is 0 Å². The second-order valence-corrected chi connectivity index (χ2v) is 9.74. The number of carbonyl (C=O) groups is 2. The Morgan fingerprint density at radius 2 is 1.74 bits per heavy atom. The predicted molar refractivity (Wildman–Crippen MR) is 127 cm³/mol. The number of amides is 2. The molecule has 0 N–H and O–H groups in total. The minimum atomic E-state index is -0.595. The number of halogens is 1. The molecule has 0 unspecified atom stereocenters. The second kappa shape index (κ2) is 12.1. The van der Waals surface area contributed by atoms with Gasteiger partial charge in [0, 0.05) is 38.1 Å². The molecule has 2 heterocycles. The van der Waals surface area contributed by atoms with E-state index in [-0.39, 0.29) is 30.7 Å². The van der Waals surface area contributed by atoms with Crippen molar-refractivity contribution in [2.45, 2.75) is 40.3 Å². The number of hydrogen-bond donors (Lipinski definition) is 0.